The monoisotopic (exact) mass is 758 g/mol. The number of hydrogen-bond acceptors (Lipinski definition) is 6. The lowest BCUT2D eigenvalue weighted by Crippen LogP contribution is -2.29. The Kier molecular flexibility index (Phi) is 6.96. The number of benzene rings is 3. The summed E-state index contributed by atoms with van der Waals surface area (Å²) in [5.74, 6) is -1.14. The van der Waals surface area contributed by atoms with Crippen LogP contribution in [0, 0.1) is 0 Å². The normalized spacial score (nSPS) is 13.1. The zero-order valence-electron chi connectivity index (χ0n) is 17.1. The highest BCUT2D eigenvalue weighted by molar-refractivity contribution is 9.15. The van der Waals surface area contributed by atoms with Crippen LogP contribution in [-0.4, -0.2) is 27.9 Å². The summed E-state index contributed by atoms with van der Waals surface area (Å²) in [5, 5.41) is 9.03. The Labute approximate surface area is 240 Å². The molecule has 5 rings (SSSR count). The van der Waals surface area contributed by atoms with Crippen molar-refractivity contribution in [3.05, 3.63) is 82.6 Å². The number of rotatable bonds is 5. The van der Waals surface area contributed by atoms with E-state index in [1.165, 1.54) is 28.0 Å². The molecule has 0 saturated heterocycles. The van der Waals surface area contributed by atoms with Gasteiger partial charge in [-0.25, -0.2) is 14.7 Å². The van der Waals surface area contributed by atoms with Gasteiger partial charge in [0.2, 0.25) is 0 Å². The van der Waals surface area contributed by atoms with Gasteiger partial charge in [0.25, 0.3) is 11.8 Å². The summed E-state index contributed by atoms with van der Waals surface area (Å²) in [6.45, 7) is 0. The number of amides is 2. The SMILES string of the molecule is O=C(O)c1ccc(CSc2nc3ccc(N4C(=O)c5c(Br)c(Br)c(Br)c(Br)c5C4=O)cc3s2)cc1. The van der Waals surface area contributed by atoms with Gasteiger partial charge >= 0.3 is 5.97 Å². The number of carboxylic acids is 1. The molecule has 0 spiro atoms. The highest BCUT2D eigenvalue weighted by Crippen LogP contribution is 2.46. The average molecular weight is 762 g/mol. The smallest absolute Gasteiger partial charge is 0.335 e. The minimum Gasteiger partial charge on any atom is -0.478 e. The van der Waals surface area contributed by atoms with Gasteiger partial charge in [0.05, 0.1) is 32.6 Å². The van der Waals surface area contributed by atoms with Crippen molar-refractivity contribution in [3.63, 3.8) is 0 Å². The molecule has 35 heavy (non-hydrogen) atoms. The maximum Gasteiger partial charge on any atom is 0.335 e. The molecular weight excluding hydrogens is 752 g/mol. The van der Waals surface area contributed by atoms with E-state index in [1.54, 1.807) is 42.5 Å². The van der Waals surface area contributed by atoms with Crippen LogP contribution in [0.2, 0.25) is 0 Å². The van der Waals surface area contributed by atoms with Gasteiger partial charge in [0.15, 0.2) is 4.34 Å². The summed E-state index contributed by atoms with van der Waals surface area (Å²) in [5.41, 5.74) is 3.07. The Balaban J connectivity index is 1.42. The fourth-order valence-electron chi connectivity index (χ4n) is 3.57. The first-order valence-corrected chi connectivity index (χ1v) is 14.7. The van der Waals surface area contributed by atoms with Crippen LogP contribution in [0.15, 0.2) is 64.7 Å². The van der Waals surface area contributed by atoms with Crippen LogP contribution in [0.5, 0.6) is 0 Å². The summed E-state index contributed by atoms with van der Waals surface area (Å²) in [6, 6.07) is 12.1. The molecule has 1 aliphatic rings. The molecule has 0 fully saturated rings. The number of carbonyl (C=O) groups is 3. The van der Waals surface area contributed by atoms with Crippen molar-refractivity contribution in [2.24, 2.45) is 0 Å². The van der Waals surface area contributed by atoms with Gasteiger partial charge < -0.3 is 5.11 Å². The molecule has 1 aliphatic heterocycles. The van der Waals surface area contributed by atoms with E-state index in [-0.39, 0.29) is 5.56 Å². The highest BCUT2D eigenvalue weighted by Gasteiger charge is 2.42. The van der Waals surface area contributed by atoms with E-state index < -0.39 is 17.8 Å². The van der Waals surface area contributed by atoms with Gasteiger partial charge in [-0.3, -0.25) is 9.59 Å². The summed E-state index contributed by atoms with van der Waals surface area (Å²) in [7, 11) is 0. The van der Waals surface area contributed by atoms with Crippen LogP contribution in [-0.2, 0) is 5.75 Å². The van der Waals surface area contributed by atoms with Crippen molar-refractivity contribution in [2.45, 2.75) is 10.1 Å². The van der Waals surface area contributed by atoms with Gasteiger partial charge in [-0.1, -0.05) is 23.9 Å². The molecule has 176 valence electrons. The first-order chi connectivity index (χ1) is 16.7. The van der Waals surface area contributed by atoms with Crippen LogP contribution in [0.1, 0.15) is 36.6 Å². The van der Waals surface area contributed by atoms with Gasteiger partial charge in [-0.05, 0) is 99.6 Å². The molecule has 3 aromatic carbocycles. The van der Waals surface area contributed by atoms with Crippen molar-refractivity contribution in [1.29, 1.82) is 0 Å². The second kappa shape index (κ2) is 9.71. The lowest BCUT2D eigenvalue weighted by Gasteiger charge is -2.13. The number of thioether (sulfide) groups is 1. The number of fused-ring (bicyclic) bond motifs is 2. The minimum atomic E-state index is -0.954. The van der Waals surface area contributed by atoms with Crippen molar-refractivity contribution >= 4 is 121 Å². The highest BCUT2D eigenvalue weighted by atomic mass is 79.9. The van der Waals surface area contributed by atoms with E-state index in [1.807, 2.05) is 0 Å². The summed E-state index contributed by atoms with van der Waals surface area (Å²) in [4.78, 5) is 43.4. The second-order valence-corrected chi connectivity index (χ2v) is 12.8. The molecule has 6 nitrogen and oxygen atoms in total. The number of aromatic carboxylic acids is 1. The van der Waals surface area contributed by atoms with E-state index in [0.717, 1.165) is 20.1 Å². The Hall–Kier alpha value is -1.57. The molecule has 0 bridgehead atoms. The maximum absolute atomic E-state index is 13.3. The van der Waals surface area contributed by atoms with Crippen LogP contribution < -0.4 is 4.90 Å². The van der Waals surface area contributed by atoms with E-state index in [0.29, 0.717) is 40.5 Å². The number of aromatic nitrogens is 1. The zero-order chi connectivity index (χ0) is 25.0. The first-order valence-electron chi connectivity index (χ1n) is 9.77. The van der Waals surface area contributed by atoms with E-state index >= 15 is 0 Å². The third kappa shape index (κ3) is 4.42. The Bertz CT molecular complexity index is 1520. The molecule has 0 atom stereocenters. The van der Waals surface area contributed by atoms with Gasteiger partial charge in [0.1, 0.15) is 0 Å². The number of halogens is 4. The Morgan fingerprint density at radius 1 is 0.914 bits per heavy atom. The number of hydrogen-bond donors (Lipinski definition) is 1. The number of imide groups is 1. The van der Waals surface area contributed by atoms with E-state index in [4.69, 9.17) is 5.11 Å². The van der Waals surface area contributed by atoms with Crippen molar-refractivity contribution in [2.75, 3.05) is 4.90 Å². The summed E-state index contributed by atoms with van der Waals surface area (Å²) < 4.78 is 3.99. The van der Waals surface area contributed by atoms with Gasteiger partial charge in [-0.15, -0.1) is 11.3 Å². The van der Waals surface area contributed by atoms with Crippen molar-refractivity contribution in [1.82, 2.24) is 4.98 Å². The van der Waals surface area contributed by atoms with Crippen molar-refractivity contribution in [3.8, 4) is 0 Å². The molecule has 4 aromatic rings. The Morgan fingerprint density at radius 2 is 1.51 bits per heavy atom. The number of anilines is 1. The van der Waals surface area contributed by atoms with Crippen LogP contribution in [0.25, 0.3) is 10.2 Å². The third-order valence-corrected chi connectivity index (χ3v) is 12.3. The molecule has 12 heteroatoms. The fourth-order valence-corrected chi connectivity index (χ4v) is 8.08. The topological polar surface area (TPSA) is 87.6 Å². The first kappa shape index (κ1) is 25.1. The molecule has 0 radical (unpaired) electrons. The molecule has 0 saturated carbocycles. The van der Waals surface area contributed by atoms with Crippen molar-refractivity contribution < 1.29 is 19.5 Å². The standard InChI is InChI=1S/C23H10Br4N2O4S2/c24-16-14-15(17(25)19(27)18(16)26)21(31)29(20(14)30)11-5-6-12-13(7-11)35-23(28-12)34-8-9-1-3-10(4-2-9)22(32)33/h1-7H,8H2,(H,32,33). The second-order valence-electron chi connectivity index (χ2n) is 7.37. The lowest BCUT2D eigenvalue weighted by atomic mass is 10.1. The summed E-state index contributed by atoms with van der Waals surface area (Å²) >= 11 is 16.8. The quantitative estimate of drug-likeness (QED) is 0.0957. The number of nitrogens with zero attached hydrogens (tertiary/aromatic N) is 2. The number of carboxylic acid groups (broad SMARTS) is 1. The van der Waals surface area contributed by atoms with Crippen LogP contribution in [0.4, 0.5) is 5.69 Å². The molecule has 0 unspecified atom stereocenters. The molecule has 1 aromatic heterocycles. The molecule has 1 N–H and O–H groups in total. The predicted octanol–water partition coefficient (Wildman–Crippen LogP) is 8.14. The van der Waals surface area contributed by atoms with Gasteiger partial charge in [-0.2, -0.15) is 0 Å². The average Bonchev–Trinajstić information content (AvgIpc) is 3.37. The third-order valence-electron chi connectivity index (χ3n) is 5.27. The van der Waals surface area contributed by atoms with E-state index in [2.05, 4.69) is 68.7 Å². The largest absolute Gasteiger partial charge is 0.478 e. The predicted molar refractivity (Wildman–Crippen MR) is 151 cm³/mol. The number of thiazole rings is 1. The molecular formula is C23H10Br4N2O4S2. The molecule has 0 aliphatic carbocycles. The van der Waals surface area contributed by atoms with Crippen LogP contribution >= 0.6 is 86.8 Å². The number of carbonyl (C=O) groups excluding carboxylic acids is 2. The Morgan fingerprint density at radius 3 is 2.09 bits per heavy atom. The molecule has 2 amide bonds. The fraction of sp³-hybridized carbons (Fsp3) is 0.0435. The lowest BCUT2D eigenvalue weighted by molar-refractivity contribution is 0.0696. The van der Waals surface area contributed by atoms with Crippen LogP contribution in [0.3, 0.4) is 0 Å². The summed E-state index contributed by atoms with van der Waals surface area (Å²) in [6.07, 6.45) is 0. The zero-order valence-corrected chi connectivity index (χ0v) is 25.1. The van der Waals surface area contributed by atoms with Gasteiger partial charge in [0, 0.05) is 23.6 Å². The van der Waals surface area contributed by atoms with E-state index in [9.17, 15) is 14.4 Å². The maximum atomic E-state index is 13.3. The molecule has 2 heterocycles. The minimum absolute atomic E-state index is 0.248.